The highest BCUT2D eigenvalue weighted by atomic mass is 35.5. The Hall–Kier alpha value is -1.94. The molecular weight excluding hydrogens is 419 g/mol. The number of hydrogen-bond acceptors (Lipinski definition) is 5. The molecule has 2 N–H and O–H groups in total. The Kier molecular flexibility index (Phi) is 6.72. The van der Waals surface area contributed by atoms with E-state index in [1.807, 2.05) is 16.8 Å². The van der Waals surface area contributed by atoms with Crippen LogP contribution in [0.1, 0.15) is 43.7 Å². The van der Waals surface area contributed by atoms with Crippen LogP contribution < -0.4 is 10.6 Å². The number of nitriles is 1. The van der Waals surface area contributed by atoms with Gasteiger partial charge in [0, 0.05) is 32.4 Å². The van der Waals surface area contributed by atoms with Crippen molar-refractivity contribution < 1.29 is 0 Å². The predicted octanol–water partition coefficient (Wildman–Crippen LogP) is 4.59. The standard InChI is InChI=1S/C22H28Cl2N6/c23-19-2-1-3-20(21(19)24)29-12-10-28(11-13-29)9-8-16-4-6-18(7-5-16)30-15-17(14-25)22(26)27-30/h1-3,15-16,18H,4-13H2,(H2,26,27). The summed E-state index contributed by atoms with van der Waals surface area (Å²) in [5, 5.41) is 14.7. The second-order valence-corrected chi connectivity index (χ2v) is 9.17. The van der Waals surface area contributed by atoms with Crippen molar-refractivity contribution in [3.05, 3.63) is 40.0 Å². The zero-order valence-corrected chi connectivity index (χ0v) is 18.6. The molecule has 2 aliphatic rings. The minimum absolute atomic E-state index is 0.345. The number of rotatable bonds is 5. The monoisotopic (exact) mass is 446 g/mol. The van der Waals surface area contributed by atoms with Gasteiger partial charge in [-0.25, -0.2) is 0 Å². The quantitative estimate of drug-likeness (QED) is 0.726. The summed E-state index contributed by atoms with van der Waals surface area (Å²) in [4.78, 5) is 4.90. The number of anilines is 2. The fourth-order valence-corrected chi connectivity index (χ4v) is 5.11. The first kappa shape index (κ1) is 21.3. The number of benzene rings is 1. The van der Waals surface area contributed by atoms with E-state index in [2.05, 4.69) is 27.0 Å². The molecule has 160 valence electrons. The summed E-state index contributed by atoms with van der Waals surface area (Å²) in [6.45, 7) is 5.23. The average Bonchev–Trinajstić information content (AvgIpc) is 3.16. The van der Waals surface area contributed by atoms with Gasteiger partial charge in [0.15, 0.2) is 5.82 Å². The van der Waals surface area contributed by atoms with Gasteiger partial charge >= 0.3 is 0 Å². The number of hydrogen-bond donors (Lipinski definition) is 1. The highest BCUT2D eigenvalue weighted by Gasteiger charge is 2.25. The molecule has 0 spiro atoms. The number of nitrogens with two attached hydrogens (primary N) is 1. The van der Waals surface area contributed by atoms with Crippen LogP contribution in [0.4, 0.5) is 11.5 Å². The number of nitrogens with zero attached hydrogens (tertiary/aromatic N) is 5. The Balaban J connectivity index is 1.20. The van der Waals surface area contributed by atoms with Gasteiger partial charge in [0.2, 0.25) is 0 Å². The van der Waals surface area contributed by atoms with E-state index in [-0.39, 0.29) is 0 Å². The molecule has 1 aromatic carbocycles. The second kappa shape index (κ2) is 9.47. The van der Waals surface area contributed by atoms with Crippen LogP contribution in [-0.2, 0) is 0 Å². The maximum Gasteiger partial charge on any atom is 0.163 e. The molecule has 30 heavy (non-hydrogen) atoms. The minimum Gasteiger partial charge on any atom is -0.381 e. The molecule has 2 heterocycles. The lowest BCUT2D eigenvalue weighted by Crippen LogP contribution is -2.47. The summed E-state index contributed by atoms with van der Waals surface area (Å²) in [6, 6.07) is 8.33. The molecule has 1 saturated carbocycles. The van der Waals surface area contributed by atoms with Crippen LogP contribution in [0.2, 0.25) is 10.0 Å². The molecule has 0 unspecified atom stereocenters. The van der Waals surface area contributed by atoms with E-state index in [1.165, 1.54) is 19.3 Å². The zero-order valence-electron chi connectivity index (χ0n) is 17.1. The van der Waals surface area contributed by atoms with Crippen molar-refractivity contribution in [1.29, 1.82) is 5.26 Å². The number of piperazine rings is 1. The van der Waals surface area contributed by atoms with Crippen LogP contribution in [0.25, 0.3) is 0 Å². The Morgan fingerprint density at radius 2 is 1.83 bits per heavy atom. The molecule has 1 aliphatic carbocycles. The van der Waals surface area contributed by atoms with Crippen molar-refractivity contribution in [2.24, 2.45) is 5.92 Å². The van der Waals surface area contributed by atoms with Crippen LogP contribution in [0.5, 0.6) is 0 Å². The van der Waals surface area contributed by atoms with Crippen LogP contribution in [0.15, 0.2) is 24.4 Å². The molecule has 0 bridgehead atoms. The van der Waals surface area contributed by atoms with Crippen LogP contribution in [0.3, 0.4) is 0 Å². The summed E-state index contributed by atoms with van der Waals surface area (Å²) in [6.07, 6.45) is 7.69. The van der Waals surface area contributed by atoms with Gasteiger partial charge < -0.3 is 10.6 Å². The van der Waals surface area contributed by atoms with Gasteiger partial charge in [-0.2, -0.15) is 10.4 Å². The maximum atomic E-state index is 9.07. The molecule has 6 nitrogen and oxygen atoms in total. The maximum absolute atomic E-state index is 9.07. The Bertz CT molecular complexity index is 905. The number of halogens is 2. The lowest BCUT2D eigenvalue weighted by Gasteiger charge is -2.37. The highest BCUT2D eigenvalue weighted by molar-refractivity contribution is 6.43. The third-order valence-electron chi connectivity index (χ3n) is 6.57. The molecule has 0 amide bonds. The number of aromatic nitrogens is 2. The Morgan fingerprint density at radius 1 is 1.10 bits per heavy atom. The lowest BCUT2D eigenvalue weighted by molar-refractivity contribution is 0.201. The third-order valence-corrected chi connectivity index (χ3v) is 7.38. The van der Waals surface area contributed by atoms with Crippen molar-refractivity contribution in [3.8, 4) is 6.07 Å². The molecular formula is C22H28Cl2N6. The largest absolute Gasteiger partial charge is 0.381 e. The van der Waals surface area contributed by atoms with Gasteiger partial charge in [-0.1, -0.05) is 29.3 Å². The summed E-state index contributed by atoms with van der Waals surface area (Å²) < 4.78 is 1.91. The minimum atomic E-state index is 0.345. The highest BCUT2D eigenvalue weighted by Crippen LogP contribution is 2.35. The first-order valence-corrected chi connectivity index (χ1v) is 11.5. The van der Waals surface area contributed by atoms with Crippen molar-refractivity contribution in [3.63, 3.8) is 0 Å². The fourth-order valence-electron chi connectivity index (χ4n) is 4.69. The van der Waals surface area contributed by atoms with E-state index in [1.54, 1.807) is 6.20 Å². The van der Waals surface area contributed by atoms with Gasteiger partial charge in [0.1, 0.15) is 11.6 Å². The van der Waals surface area contributed by atoms with E-state index in [0.29, 0.717) is 27.5 Å². The predicted molar refractivity (Wildman–Crippen MR) is 122 cm³/mol. The summed E-state index contributed by atoms with van der Waals surface area (Å²) in [7, 11) is 0. The average molecular weight is 447 g/mol. The molecule has 1 saturated heterocycles. The van der Waals surface area contributed by atoms with Gasteiger partial charge in [-0.3, -0.25) is 9.58 Å². The smallest absolute Gasteiger partial charge is 0.163 e. The topological polar surface area (TPSA) is 74.1 Å². The third kappa shape index (κ3) is 4.69. The first-order valence-electron chi connectivity index (χ1n) is 10.7. The van der Waals surface area contributed by atoms with E-state index in [0.717, 1.165) is 57.2 Å². The molecule has 2 fully saturated rings. The molecule has 1 aromatic heterocycles. The molecule has 1 aliphatic heterocycles. The van der Waals surface area contributed by atoms with Crippen LogP contribution in [-0.4, -0.2) is 47.4 Å². The molecule has 2 aromatic rings. The van der Waals surface area contributed by atoms with Crippen molar-refractivity contribution in [1.82, 2.24) is 14.7 Å². The Labute approximate surface area is 188 Å². The van der Waals surface area contributed by atoms with Gasteiger partial charge in [-0.15, -0.1) is 0 Å². The Morgan fingerprint density at radius 3 is 2.50 bits per heavy atom. The molecule has 0 atom stereocenters. The normalized spacial score (nSPS) is 22.8. The van der Waals surface area contributed by atoms with Crippen LogP contribution >= 0.6 is 23.2 Å². The molecule has 0 radical (unpaired) electrons. The molecule has 4 rings (SSSR count). The summed E-state index contributed by atoms with van der Waals surface area (Å²) in [5.41, 5.74) is 7.33. The first-order chi connectivity index (χ1) is 14.5. The van der Waals surface area contributed by atoms with E-state index < -0.39 is 0 Å². The zero-order chi connectivity index (χ0) is 21.1. The van der Waals surface area contributed by atoms with E-state index in [9.17, 15) is 0 Å². The molecule has 8 heteroatoms. The van der Waals surface area contributed by atoms with Crippen molar-refractivity contribution in [2.45, 2.75) is 38.1 Å². The van der Waals surface area contributed by atoms with Crippen LogP contribution in [0, 0.1) is 17.2 Å². The van der Waals surface area contributed by atoms with Crippen molar-refractivity contribution >= 4 is 34.7 Å². The second-order valence-electron chi connectivity index (χ2n) is 8.38. The SMILES string of the molecule is N#Cc1cn(C2CCC(CCN3CCN(c4cccc(Cl)c4Cl)CC3)CC2)nc1N. The van der Waals surface area contributed by atoms with Crippen molar-refractivity contribution in [2.75, 3.05) is 43.4 Å². The summed E-state index contributed by atoms with van der Waals surface area (Å²) >= 11 is 12.6. The van der Waals surface area contributed by atoms with Gasteiger partial charge in [0.25, 0.3) is 0 Å². The van der Waals surface area contributed by atoms with E-state index >= 15 is 0 Å². The van der Waals surface area contributed by atoms with E-state index in [4.69, 9.17) is 34.2 Å². The lowest BCUT2D eigenvalue weighted by atomic mass is 9.84. The van der Waals surface area contributed by atoms with Gasteiger partial charge in [-0.05, 0) is 56.7 Å². The fraction of sp³-hybridized carbons (Fsp3) is 0.545. The summed E-state index contributed by atoms with van der Waals surface area (Å²) in [5.74, 6) is 1.11. The van der Waals surface area contributed by atoms with Gasteiger partial charge in [0.05, 0.1) is 21.8 Å². The number of nitrogen functional groups attached to an aromatic ring is 1.